The fraction of sp³-hybridized carbons (Fsp3) is 0.538. The first kappa shape index (κ1) is 15.7. The molecule has 0 saturated heterocycles. The van der Waals surface area contributed by atoms with E-state index in [4.69, 9.17) is 5.14 Å². The van der Waals surface area contributed by atoms with Crippen LogP contribution in [-0.4, -0.2) is 19.4 Å². The topological polar surface area (TPSA) is 115 Å². The highest BCUT2D eigenvalue weighted by Crippen LogP contribution is 2.30. The maximum atomic E-state index is 11.6. The molecule has 0 aromatic heterocycles. The van der Waals surface area contributed by atoms with Gasteiger partial charge >= 0.3 is 0 Å². The van der Waals surface area contributed by atoms with Gasteiger partial charge in [-0.1, -0.05) is 6.92 Å². The van der Waals surface area contributed by atoms with Crippen LogP contribution in [0.25, 0.3) is 0 Å². The summed E-state index contributed by atoms with van der Waals surface area (Å²) >= 11 is 0. The van der Waals surface area contributed by atoms with Crippen molar-refractivity contribution in [3.63, 3.8) is 0 Å². The summed E-state index contributed by atoms with van der Waals surface area (Å²) in [5.74, 6) is 0.678. The van der Waals surface area contributed by atoms with Crippen LogP contribution in [0.15, 0.2) is 23.1 Å². The maximum Gasteiger partial charge on any atom is 0.270 e. The van der Waals surface area contributed by atoms with Crippen LogP contribution in [0.2, 0.25) is 0 Å². The van der Waals surface area contributed by atoms with Crippen LogP contribution in [0.4, 0.5) is 11.4 Å². The molecule has 0 amide bonds. The lowest BCUT2D eigenvalue weighted by Gasteiger charge is -2.28. The number of nitro benzene ring substituents is 1. The van der Waals surface area contributed by atoms with Crippen LogP contribution in [0.5, 0.6) is 0 Å². The number of sulfonamides is 1. The van der Waals surface area contributed by atoms with E-state index in [1.165, 1.54) is 12.1 Å². The Morgan fingerprint density at radius 1 is 1.29 bits per heavy atom. The Balaban J connectivity index is 2.28. The fourth-order valence-corrected chi connectivity index (χ4v) is 3.32. The molecule has 1 saturated carbocycles. The molecule has 1 aliphatic carbocycles. The Bertz CT molecular complexity index is 637. The van der Waals surface area contributed by atoms with E-state index in [0.29, 0.717) is 11.6 Å². The second kappa shape index (κ2) is 5.98. The molecule has 1 aliphatic rings. The second-order valence-electron chi connectivity index (χ2n) is 5.58. The molecule has 8 heteroatoms. The van der Waals surface area contributed by atoms with Crippen molar-refractivity contribution in [1.82, 2.24) is 0 Å². The van der Waals surface area contributed by atoms with Gasteiger partial charge < -0.3 is 5.32 Å². The number of nitro groups is 1. The maximum absolute atomic E-state index is 11.6. The van der Waals surface area contributed by atoms with Gasteiger partial charge in [0.1, 0.15) is 4.90 Å². The first-order valence-corrected chi connectivity index (χ1v) is 8.40. The summed E-state index contributed by atoms with van der Waals surface area (Å²) in [4.78, 5) is 9.90. The normalized spacial score (nSPS) is 22.8. The average molecular weight is 313 g/mol. The molecule has 21 heavy (non-hydrogen) atoms. The third-order valence-corrected chi connectivity index (χ3v) is 4.81. The Labute approximate surface area is 123 Å². The Morgan fingerprint density at radius 3 is 2.43 bits per heavy atom. The number of rotatable bonds is 4. The molecular formula is C13H19N3O4S. The van der Waals surface area contributed by atoms with Crippen LogP contribution in [0, 0.1) is 16.0 Å². The molecule has 0 bridgehead atoms. The van der Waals surface area contributed by atoms with Crippen LogP contribution in [-0.2, 0) is 10.0 Å². The van der Waals surface area contributed by atoms with Crippen molar-refractivity contribution in [3.05, 3.63) is 28.3 Å². The van der Waals surface area contributed by atoms with Crippen molar-refractivity contribution < 1.29 is 13.3 Å². The molecule has 2 rings (SSSR count). The lowest BCUT2D eigenvalue weighted by atomic mass is 9.87. The molecule has 1 aromatic carbocycles. The highest BCUT2D eigenvalue weighted by molar-refractivity contribution is 7.89. The third kappa shape index (κ3) is 3.92. The number of primary sulfonamides is 1. The van der Waals surface area contributed by atoms with E-state index in [-0.39, 0.29) is 16.6 Å². The molecule has 7 nitrogen and oxygen atoms in total. The molecule has 0 atom stereocenters. The van der Waals surface area contributed by atoms with Crippen molar-refractivity contribution in [1.29, 1.82) is 0 Å². The van der Waals surface area contributed by atoms with Crippen molar-refractivity contribution in [2.24, 2.45) is 11.1 Å². The van der Waals surface area contributed by atoms with Crippen LogP contribution in [0.3, 0.4) is 0 Å². The summed E-state index contributed by atoms with van der Waals surface area (Å²) in [5, 5.41) is 19.1. The van der Waals surface area contributed by atoms with Crippen LogP contribution < -0.4 is 10.5 Å². The Kier molecular flexibility index (Phi) is 4.48. The number of benzene rings is 1. The molecule has 1 aromatic rings. The summed E-state index contributed by atoms with van der Waals surface area (Å²) in [5.41, 5.74) is 0.0458. The van der Waals surface area contributed by atoms with E-state index in [1.54, 1.807) is 0 Å². The van der Waals surface area contributed by atoms with Crippen molar-refractivity contribution >= 4 is 21.4 Å². The smallest absolute Gasteiger partial charge is 0.270 e. The Hall–Kier alpha value is -1.67. The molecule has 0 heterocycles. The Morgan fingerprint density at radius 2 is 1.90 bits per heavy atom. The van der Waals surface area contributed by atoms with Gasteiger partial charge in [0, 0.05) is 18.2 Å². The summed E-state index contributed by atoms with van der Waals surface area (Å²) in [6.07, 6.45) is 4.05. The first-order chi connectivity index (χ1) is 9.77. The van der Waals surface area contributed by atoms with Crippen molar-refractivity contribution in [3.8, 4) is 0 Å². The quantitative estimate of drug-likeness (QED) is 0.653. The molecular weight excluding hydrogens is 294 g/mol. The number of nitrogens with one attached hydrogen (secondary N) is 1. The molecule has 116 valence electrons. The summed E-state index contributed by atoms with van der Waals surface area (Å²) in [7, 11) is -4.02. The molecule has 3 N–H and O–H groups in total. The zero-order valence-electron chi connectivity index (χ0n) is 11.8. The van der Waals surface area contributed by atoms with Gasteiger partial charge in [-0.05, 0) is 37.7 Å². The van der Waals surface area contributed by atoms with Crippen LogP contribution in [0.1, 0.15) is 32.6 Å². The summed E-state index contributed by atoms with van der Waals surface area (Å²) in [6.45, 7) is 2.19. The minimum atomic E-state index is -4.02. The van der Waals surface area contributed by atoms with Gasteiger partial charge in [0.05, 0.1) is 10.6 Å². The number of nitrogens with two attached hydrogens (primary N) is 1. The fourth-order valence-electron chi connectivity index (χ4n) is 2.60. The third-order valence-electron chi connectivity index (χ3n) is 3.86. The second-order valence-corrected chi connectivity index (χ2v) is 7.11. The van der Waals surface area contributed by atoms with Gasteiger partial charge in [-0.25, -0.2) is 13.6 Å². The highest BCUT2D eigenvalue weighted by Gasteiger charge is 2.23. The predicted molar refractivity (Wildman–Crippen MR) is 79.5 cm³/mol. The largest absolute Gasteiger partial charge is 0.381 e. The van der Waals surface area contributed by atoms with E-state index < -0.39 is 14.9 Å². The van der Waals surface area contributed by atoms with Crippen molar-refractivity contribution in [2.75, 3.05) is 5.32 Å². The lowest BCUT2D eigenvalue weighted by molar-refractivity contribution is -0.385. The monoisotopic (exact) mass is 313 g/mol. The van der Waals surface area contributed by atoms with Crippen LogP contribution >= 0.6 is 0 Å². The SMILES string of the molecule is CC1CCC(Nc2ccc([N+](=O)[O-])cc2S(N)(=O)=O)CC1. The molecule has 0 aliphatic heterocycles. The van der Waals surface area contributed by atoms with Gasteiger partial charge in [0.15, 0.2) is 0 Å². The number of anilines is 1. The zero-order valence-corrected chi connectivity index (χ0v) is 12.6. The number of hydrogen-bond acceptors (Lipinski definition) is 5. The summed E-state index contributed by atoms with van der Waals surface area (Å²) < 4.78 is 23.3. The average Bonchev–Trinajstić information content (AvgIpc) is 2.40. The van der Waals surface area contributed by atoms with Crippen molar-refractivity contribution in [2.45, 2.75) is 43.5 Å². The molecule has 0 spiro atoms. The lowest BCUT2D eigenvalue weighted by Crippen LogP contribution is -2.26. The van der Waals surface area contributed by atoms with Gasteiger partial charge in [0.25, 0.3) is 5.69 Å². The van der Waals surface area contributed by atoms with E-state index in [1.807, 2.05) is 0 Å². The first-order valence-electron chi connectivity index (χ1n) is 6.85. The molecule has 0 radical (unpaired) electrons. The zero-order chi connectivity index (χ0) is 15.6. The van der Waals surface area contributed by atoms with E-state index in [2.05, 4.69) is 12.2 Å². The number of hydrogen-bond donors (Lipinski definition) is 2. The molecule has 1 fully saturated rings. The van der Waals surface area contributed by atoms with Gasteiger partial charge in [-0.15, -0.1) is 0 Å². The van der Waals surface area contributed by atoms with Gasteiger partial charge in [-0.2, -0.15) is 0 Å². The minimum Gasteiger partial charge on any atom is -0.381 e. The minimum absolute atomic E-state index is 0.170. The van der Waals surface area contributed by atoms with Gasteiger partial charge in [-0.3, -0.25) is 10.1 Å². The van der Waals surface area contributed by atoms with E-state index >= 15 is 0 Å². The number of non-ortho nitro benzene ring substituents is 1. The molecule has 0 unspecified atom stereocenters. The summed E-state index contributed by atoms with van der Waals surface area (Å²) in [6, 6.07) is 3.87. The van der Waals surface area contributed by atoms with E-state index in [0.717, 1.165) is 31.7 Å². The standard InChI is InChI=1S/C13H19N3O4S/c1-9-2-4-10(5-3-9)15-12-7-6-11(16(17)18)8-13(12)21(14,19)20/h6-10,15H,2-5H2,1H3,(H2,14,19,20). The van der Waals surface area contributed by atoms with E-state index in [9.17, 15) is 18.5 Å². The highest BCUT2D eigenvalue weighted by atomic mass is 32.2. The van der Waals surface area contributed by atoms with Gasteiger partial charge in [0.2, 0.25) is 10.0 Å². The predicted octanol–water partition coefficient (Wildman–Crippen LogP) is 2.23. The number of nitrogens with zero attached hydrogens (tertiary/aromatic N) is 1.